The number of hydrogen-bond acceptors (Lipinski definition) is 9. The molecule has 2 rings (SSSR count). The predicted molar refractivity (Wildman–Crippen MR) is 251 cm³/mol. The van der Waals surface area contributed by atoms with Gasteiger partial charge >= 0.3 is 0 Å². The number of amides is 4. The Morgan fingerprint density at radius 3 is 2.03 bits per heavy atom. The minimum absolute atomic E-state index is 0.00610. The molecular weight excluding hydrogens is 779 g/mol. The van der Waals surface area contributed by atoms with E-state index in [0.717, 1.165) is 30.7 Å². The van der Waals surface area contributed by atoms with Crippen LogP contribution in [0.5, 0.6) is 0 Å². The van der Waals surface area contributed by atoms with Gasteiger partial charge in [-0.3, -0.25) is 24.1 Å². The van der Waals surface area contributed by atoms with Gasteiger partial charge in [0, 0.05) is 40.1 Å². The number of nitrogens with zero attached hydrogens (tertiary/aromatic N) is 3. The maximum Gasteiger partial charge on any atom is 0.242 e. The molecular formula is C47H87N5O7S. The van der Waals surface area contributed by atoms with E-state index < -0.39 is 30.2 Å². The first-order valence-corrected chi connectivity index (χ1v) is 23.7. The molecule has 60 heavy (non-hydrogen) atoms. The third kappa shape index (κ3) is 19.7. The molecule has 4 amide bonds. The zero-order chi connectivity index (χ0) is 46.5. The third-order valence-corrected chi connectivity index (χ3v) is 11.3. The fourth-order valence-electron chi connectivity index (χ4n) is 7.51. The molecule has 348 valence electrons. The Morgan fingerprint density at radius 1 is 0.967 bits per heavy atom. The number of nitrogens with one attached hydrogen (secondary N) is 2. The van der Waals surface area contributed by atoms with Crippen molar-refractivity contribution in [3.63, 3.8) is 0 Å². The number of carbonyl (C=O) groups excluding carboxylic acids is 4. The summed E-state index contributed by atoms with van der Waals surface area (Å²) >= 11 is 1.72. The summed E-state index contributed by atoms with van der Waals surface area (Å²) in [6.45, 7) is 26.9. The highest BCUT2D eigenvalue weighted by molar-refractivity contribution is 7.98. The van der Waals surface area contributed by atoms with Gasteiger partial charge in [-0.25, -0.2) is 0 Å². The van der Waals surface area contributed by atoms with E-state index in [0.29, 0.717) is 19.4 Å². The molecule has 8 atom stereocenters. The monoisotopic (exact) mass is 866 g/mol. The van der Waals surface area contributed by atoms with Gasteiger partial charge in [0.1, 0.15) is 5.76 Å². The molecule has 0 spiro atoms. The van der Waals surface area contributed by atoms with Gasteiger partial charge in [-0.2, -0.15) is 11.8 Å². The lowest BCUT2D eigenvalue weighted by atomic mass is 9.90. The Kier molecular flexibility index (Phi) is 32.9. The average Bonchev–Trinajstić information content (AvgIpc) is 3.73. The highest BCUT2D eigenvalue weighted by Crippen LogP contribution is 2.29. The van der Waals surface area contributed by atoms with Crippen molar-refractivity contribution in [2.45, 2.75) is 151 Å². The van der Waals surface area contributed by atoms with Gasteiger partial charge < -0.3 is 35.0 Å². The lowest BCUT2D eigenvalue weighted by Crippen LogP contribution is -2.55. The third-order valence-electron chi connectivity index (χ3n) is 10.7. The van der Waals surface area contributed by atoms with Crippen molar-refractivity contribution in [1.82, 2.24) is 25.3 Å². The molecule has 13 heteroatoms. The Balaban J connectivity index is 0. The highest BCUT2D eigenvalue weighted by Gasteiger charge is 2.42. The maximum atomic E-state index is 14.1. The molecule has 1 aliphatic rings. The molecule has 1 aliphatic heterocycles. The van der Waals surface area contributed by atoms with Crippen LogP contribution in [-0.2, 0) is 35.1 Å². The minimum atomic E-state index is -0.679. The number of likely N-dealkylation sites (N-methyl/N-ethyl adjacent to an activating group) is 2. The maximum absolute atomic E-state index is 14.1. The molecule has 8 unspecified atom stereocenters. The number of methoxy groups -OCH3 is 2. The van der Waals surface area contributed by atoms with Crippen LogP contribution in [0.4, 0.5) is 0 Å². The number of likely N-dealkylation sites (tertiary alicyclic amines) is 1. The van der Waals surface area contributed by atoms with E-state index in [1.807, 2.05) is 104 Å². The van der Waals surface area contributed by atoms with Gasteiger partial charge in [0.25, 0.3) is 0 Å². The van der Waals surface area contributed by atoms with Crippen molar-refractivity contribution < 1.29 is 33.8 Å². The van der Waals surface area contributed by atoms with Gasteiger partial charge in [-0.05, 0) is 50.0 Å². The van der Waals surface area contributed by atoms with Crippen LogP contribution in [0.3, 0.4) is 0 Å². The smallest absolute Gasteiger partial charge is 0.242 e. The summed E-state index contributed by atoms with van der Waals surface area (Å²) < 4.78 is 11.9. The van der Waals surface area contributed by atoms with E-state index in [1.165, 1.54) is 6.42 Å². The molecule has 1 aromatic carbocycles. The number of aliphatic hydroxyl groups is 1. The second-order valence-electron chi connectivity index (χ2n) is 15.5. The van der Waals surface area contributed by atoms with E-state index in [-0.39, 0.29) is 66.3 Å². The van der Waals surface area contributed by atoms with Crippen LogP contribution in [0.1, 0.15) is 114 Å². The summed E-state index contributed by atoms with van der Waals surface area (Å²) in [4.78, 5) is 59.9. The molecule has 0 bridgehead atoms. The molecule has 1 heterocycles. The molecule has 0 radical (unpaired) electrons. The van der Waals surface area contributed by atoms with E-state index in [2.05, 4.69) is 31.1 Å². The highest BCUT2D eigenvalue weighted by atomic mass is 32.2. The molecule has 12 nitrogen and oxygen atoms in total. The fourth-order valence-corrected chi connectivity index (χ4v) is 7.98. The number of carbonyl (C=O) groups is 4. The normalized spacial score (nSPS) is 16.8. The molecule has 1 aromatic rings. The Bertz CT molecular complexity index is 1340. The number of hydrogen-bond donors (Lipinski definition) is 3. The first-order valence-electron chi connectivity index (χ1n) is 22.3. The van der Waals surface area contributed by atoms with Crippen LogP contribution < -0.4 is 10.6 Å². The fraction of sp³-hybridized carbons (Fsp3) is 0.745. The van der Waals surface area contributed by atoms with Gasteiger partial charge in [-0.1, -0.05) is 126 Å². The van der Waals surface area contributed by atoms with Crippen molar-refractivity contribution in [2.75, 3.05) is 60.0 Å². The largest absolute Gasteiger partial charge is 0.511 e. The Morgan fingerprint density at radius 2 is 1.55 bits per heavy atom. The Hall–Kier alpha value is -3.13. The summed E-state index contributed by atoms with van der Waals surface area (Å²) in [7, 11) is 6.74. The van der Waals surface area contributed by atoms with E-state index >= 15 is 0 Å². The zero-order valence-electron chi connectivity index (χ0n) is 40.5. The van der Waals surface area contributed by atoms with E-state index in [9.17, 15) is 24.3 Å². The molecule has 1 saturated heterocycles. The zero-order valence-corrected chi connectivity index (χ0v) is 41.3. The van der Waals surface area contributed by atoms with Crippen LogP contribution in [0.25, 0.3) is 0 Å². The second kappa shape index (κ2) is 33.5. The van der Waals surface area contributed by atoms with Crippen molar-refractivity contribution in [1.29, 1.82) is 0 Å². The summed E-state index contributed by atoms with van der Waals surface area (Å²) in [6.07, 6.45) is 4.65. The van der Waals surface area contributed by atoms with Crippen LogP contribution in [0.15, 0.2) is 42.7 Å². The van der Waals surface area contributed by atoms with Gasteiger partial charge in [-0.15, -0.1) is 0 Å². The number of thioether (sulfide) groups is 1. The number of rotatable bonds is 23. The van der Waals surface area contributed by atoms with Crippen LogP contribution in [0, 0.1) is 17.8 Å². The SMILES string of the molecule is C=C(O)C(Cc1ccccc1)NC(=O)C(C)C(OC)C1CCCN1C(=O)CC(OC)C(C(C)CC)N(C)C(=O)CNC(=O)C(C(C)C)N(C)CCSC.CC.CC.CCC. The summed E-state index contributed by atoms with van der Waals surface area (Å²) in [5, 5.41) is 16.1. The number of benzene rings is 1. The quantitative estimate of drug-likeness (QED) is 0.0949. The van der Waals surface area contributed by atoms with Gasteiger partial charge in [0.2, 0.25) is 23.6 Å². The van der Waals surface area contributed by atoms with Crippen LogP contribution in [-0.4, -0.2) is 140 Å². The molecule has 0 aromatic heterocycles. The molecule has 0 aliphatic carbocycles. The summed E-state index contributed by atoms with van der Waals surface area (Å²) in [5.74, 6) is -0.717. The van der Waals surface area contributed by atoms with Crippen LogP contribution >= 0.6 is 11.8 Å². The summed E-state index contributed by atoms with van der Waals surface area (Å²) in [6, 6.07) is 7.72. The summed E-state index contributed by atoms with van der Waals surface area (Å²) in [5.41, 5.74) is 0.946. The second-order valence-corrected chi connectivity index (χ2v) is 16.5. The minimum Gasteiger partial charge on any atom is -0.511 e. The van der Waals surface area contributed by atoms with Crippen molar-refractivity contribution >= 4 is 35.4 Å². The first-order chi connectivity index (χ1) is 28.5. The van der Waals surface area contributed by atoms with Gasteiger partial charge in [0.15, 0.2) is 0 Å². The van der Waals surface area contributed by atoms with E-state index in [1.54, 1.807) is 49.8 Å². The lowest BCUT2D eigenvalue weighted by Gasteiger charge is -2.39. The number of ether oxygens (including phenoxy) is 2. The first kappa shape index (κ1) is 59.0. The molecule has 0 saturated carbocycles. The molecule has 3 N–H and O–H groups in total. The predicted octanol–water partition coefficient (Wildman–Crippen LogP) is 7.61. The van der Waals surface area contributed by atoms with Crippen molar-refractivity contribution in [3.05, 3.63) is 48.2 Å². The Labute approximate surface area is 370 Å². The van der Waals surface area contributed by atoms with E-state index in [4.69, 9.17) is 9.47 Å². The standard InChI is InChI=1S/C40H67N5O7S.C3H8.2C2H6/c1-12-27(4)37(44(8)35(48)25-41-40(50)36(26(2)3)43(7)21-22-53-11)33(51-9)24-34(47)45-20-16-19-32(45)38(52-10)28(5)39(49)42-31(29(6)46)23-30-17-14-13-15-18-30;1-3-2;2*1-2/h13-15,17-18,26-28,31-33,36-38,46H,6,12,16,19-25H2,1-5,7-11H3,(H,41,50)(H,42,49);3H2,1-2H3;2*1-2H3. The van der Waals surface area contributed by atoms with Crippen molar-refractivity contribution in [3.8, 4) is 0 Å². The number of aliphatic hydroxyl groups excluding tert-OH is 1. The van der Waals surface area contributed by atoms with Crippen molar-refractivity contribution in [2.24, 2.45) is 17.8 Å². The van der Waals surface area contributed by atoms with Crippen LogP contribution in [0.2, 0.25) is 0 Å². The van der Waals surface area contributed by atoms with Gasteiger partial charge in [0.05, 0.1) is 55.3 Å². The average molecular weight is 866 g/mol. The molecule has 1 fully saturated rings. The topological polar surface area (TPSA) is 141 Å². The lowest BCUT2D eigenvalue weighted by molar-refractivity contribution is -0.146.